The molecule has 1 N–H and O–H groups in total. The van der Waals surface area contributed by atoms with E-state index in [1.807, 2.05) is 0 Å². The van der Waals surface area contributed by atoms with Gasteiger partial charge in [0.05, 0.1) is 6.10 Å². The maximum absolute atomic E-state index is 13.7. The molecule has 1 aliphatic heterocycles. The monoisotopic (exact) mass is 310 g/mol. The highest BCUT2D eigenvalue weighted by Gasteiger charge is 2.32. The Bertz CT molecular complexity index is 535. The maximum atomic E-state index is 13.7. The molecule has 1 aromatic rings. The Morgan fingerprint density at radius 1 is 1.18 bits per heavy atom. The van der Waals surface area contributed by atoms with Crippen LogP contribution in [0.3, 0.4) is 0 Å². The lowest BCUT2D eigenvalue weighted by Crippen LogP contribution is -2.50. The lowest BCUT2D eigenvalue weighted by Gasteiger charge is -2.35. The van der Waals surface area contributed by atoms with Crippen LogP contribution in [0.4, 0.5) is 8.78 Å². The van der Waals surface area contributed by atoms with Crippen LogP contribution in [0.2, 0.25) is 0 Å². The lowest BCUT2D eigenvalue weighted by molar-refractivity contribution is 0.0482. The minimum absolute atomic E-state index is 0.300. The summed E-state index contributed by atoms with van der Waals surface area (Å²) in [7, 11) is 0. The summed E-state index contributed by atoms with van der Waals surface area (Å²) < 4.78 is 27.3. The smallest absolute Gasteiger partial charge is 0.259 e. The van der Waals surface area contributed by atoms with E-state index in [1.54, 1.807) is 0 Å². The standard InChI is InChI=1S/C16H20F2N2O2/c17-12-2-1-3-13(18)15(12)16(22)20-8-6-19(7-9-20)10-14(21)11-4-5-11/h1-3,11,14,21H,4-10H2/t14-/m1/s1. The van der Waals surface area contributed by atoms with Gasteiger partial charge in [0.1, 0.15) is 17.2 Å². The molecule has 1 aliphatic carbocycles. The van der Waals surface area contributed by atoms with Crippen LogP contribution in [0.5, 0.6) is 0 Å². The Hall–Kier alpha value is -1.53. The van der Waals surface area contributed by atoms with Gasteiger partial charge in [0.2, 0.25) is 0 Å². The molecule has 1 saturated heterocycles. The Kier molecular flexibility index (Phi) is 4.40. The van der Waals surface area contributed by atoms with Crippen molar-refractivity contribution in [2.24, 2.45) is 5.92 Å². The average molecular weight is 310 g/mol. The van der Waals surface area contributed by atoms with Gasteiger partial charge in [0, 0.05) is 32.7 Å². The van der Waals surface area contributed by atoms with Gasteiger partial charge in [0.15, 0.2) is 0 Å². The molecule has 2 fully saturated rings. The normalized spacial score (nSPS) is 21.0. The number of piperazine rings is 1. The second kappa shape index (κ2) is 6.30. The van der Waals surface area contributed by atoms with Crippen LogP contribution in [-0.4, -0.2) is 59.6 Å². The first-order valence-electron chi connectivity index (χ1n) is 7.70. The fourth-order valence-electron chi connectivity index (χ4n) is 2.89. The number of halogens is 2. The van der Waals surface area contributed by atoms with Crippen LogP contribution in [0.25, 0.3) is 0 Å². The highest BCUT2D eigenvalue weighted by atomic mass is 19.1. The van der Waals surface area contributed by atoms with Crippen molar-refractivity contribution in [3.05, 3.63) is 35.4 Å². The van der Waals surface area contributed by atoms with Crippen molar-refractivity contribution in [1.29, 1.82) is 0 Å². The molecule has 6 heteroatoms. The minimum Gasteiger partial charge on any atom is -0.392 e. The van der Waals surface area contributed by atoms with E-state index in [0.29, 0.717) is 38.6 Å². The molecule has 1 saturated carbocycles. The number of aliphatic hydroxyl groups is 1. The van der Waals surface area contributed by atoms with Crippen LogP contribution in [0.1, 0.15) is 23.2 Å². The number of carbonyl (C=O) groups excluding carboxylic acids is 1. The highest BCUT2D eigenvalue weighted by molar-refractivity contribution is 5.94. The molecule has 1 atom stereocenters. The second-order valence-corrected chi connectivity index (χ2v) is 6.09. The first-order chi connectivity index (χ1) is 10.6. The van der Waals surface area contributed by atoms with Crippen molar-refractivity contribution in [1.82, 2.24) is 9.80 Å². The predicted octanol–water partition coefficient (Wildman–Crippen LogP) is 1.49. The number of nitrogens with zero attached hydrogens (tertiary/aromatic N) is 2. The number of aliphatic hydroxyl groups excluding tert-OH is 1. The molecule has 1 amide bonds. The summed E-state index contributed by atoms with van der Waals surface area (Å²) in [5.41, 5.74) is -0.478. The van der Waals surface area contributed by atoms with E-state index in [1.165, 1.54) is 11.0 Å². The number of benzene rings is 1. The fraction of sp³-hybridized carbons (Fsp3) is 0.562. The lowest BCUT2D eigenvalue weighted by atomic mass is 10.1. The molecule has 4 nitrogen and oxygen atoms in total. The van der Waals surface area contributed by atoms with Crippen molar-refractivity contribution in [2.45, 2.75) is 18.9 Å². The molecule has 22 heavy (non-hydrogen) atoms. The van der Waals surface area contributed by atoms with Crippen LogP contribution in [0.15, 0.2) is 18.2 Å². The molecule has 0 unspecified atom stereocenters. The SMILES string of the molecule is O=C(c1c(F)cccc1F)N1CCN(C[C@@H](O)C2CC2)CC1. The Balaban J connectivity index is 1.57. The van der Waals surface area contributed by atoms with Gasteiger partial charge >= 0.3 is 0 Å². The molecule has 1 aromatic carbocycles. The average Bonchev–Trinajstić information content (AvgIpc) is 3.32. The van der Waals surface area contributed by atoms with Gasteiger partial charge in [-0.3, -0.25) is 9.69 Å². The van der Waals surface area contributed by atoms with E-state index in [0.717, 1.165) is 25.0 Å². The number of amides is 1. The van der Waals surface area contributed by atoms with Crippen molar-refractivity contribution >= 4 is 5.91 Å². The van der Waals surface area contributed by atoms with E-state index in [4.69, 9.17) is 0 Å². The predicted molar refractivity (Wildman–Crippen MR) is 77.4 cm³/mol. The number of rotatable bonds is 4. The van der Waals surface area contributed by atoms with Crippen LogP contribution in [0, 0.1) is 17.6 Å². The van der Waals surface area contributed by atoms with Gasteiger partial charge in [-0.25, -0.2) is 8.78 Å². The van der Waals surface area contributed by atoms with Crippen molar-refractivity contribution in [2.75, 3.05) is 32.7 Å². The van der Waals surface area contributed by atoms with Gasteiger partial charge < -0.3 is 10.0 Å². The van der Waals surface area contributed by atoms with Crippen LogP contribution < -0.4 is 0 Å². The molecule has 3 rings (SSSR count). The summed E-state index contributed by atoms with van der Waals surface area (Å²) in [5, 5.41) is 9.95. The van der Waals surface area contributed by atoms with Gasteiger partial charge in [0.25, 0.3) is 5.91 Å². The molecule has 0 spiro atoms. The van der Waals surface area contributed by atoms with E-state index < -0.39 is 23.1 Å². The Morgan fingerprint density at radius 3 is 2.32 bits per heavy atom. The van der Waals surface area contributed by atoms with E-state index in [9.17, 15) is 18.7 Å². The van der Waals surface area contributed by atoms with Crippen molar-refractivity contribution < 1.29 is 18.7 Å². The largest absolute Gasteiger partial charge is 0.392 e. The highest BCUT2D eigenvalue weighted by Crippen LogP contribution is 2.33. The van der Waals surface area contributed by atoms with Crippen LogP contribution in [-0.2, 0) is 0 Å². The number of β-amino-alcohol motifs (C(OH)–C–C–N with tert-alkyl or cyclic N) is 1. The minimum atomic E-state index is -0.823. The van der Waals surface area contributed by atoms with Gasteiger partial charge in [-0.05, 0) is 30.9 Å². The van der Waals surface area contributed by atoms with E-state index in [-0.39, 0.29) is 6.10 Å². The van der Waals surface area contributed by atoms with Gasteiger partial charge in [-0.1, -0.05) is 6.07 Å². The van der Waals surface area contributed by atoms with Gasteiger partial charge in [-0.2, -0.15) is 0 Å². The van der Waals surface area contributed by atoms with Crippen molar-refractivity contribution in [3.8, 4) is 0 Å². The number of hydrogen-bond acceptors (Lipinski definition) is 3. The first kappa shape index (κ1) is 15.4. The zero-order valence-electron chi connectivity index (χ0n) is 12.3. The third-order valence-electron chi connectivity index (χ3n) is 4.45. The third kappa shape index (κ3) is 3.28. The summed E-state index contributed by atoms with van der Waals surface area (Å²) in [6, 6.07) is 3.44. The number of carbonyl (C=O) groups is 1. The molecule has 0 aromatic heterocycles. The molecule has 0 radical (unpaired) electrons. The molecular formula is C16H20F2N2O2. The fourth-order valence-corrected chi connectivity index (χ4v) is 2.89. The second-order valence-electron chi connectivity index (χ2n) is 6.09. The maximum Gasteiger partial charge on any atom is 0.259 e. The third-order valence-corrected chi connectivity index (χ3v) is 4.45. The molecule has 1 heterocycles. The molecular weight excluding hydrogens is 290 g/mol. The molecule has 2 aliphatic rings. The zero-order valence-corrected chi connectivity index (χ0v) is 12.3. The first-order valence-corrected chi connectivity index (χ1v) is 7.70. The van der Waals surface area contributed by atoms with Crippen LogP contribution >= 0.6 is 0 Å². The molecule has 0 bridgehead atoms. The zero-order chi connectivity index (χ0) is 15.7. The Morgan fingerprint density at radius 2 is 1.77 bits per heavy atom. The summed E-state index contributed by atoms with van der Waals surface area (Å²) in [6.45, 7) is 2.69. The summed E-state index contributed by atoms with van der Waals surface area (Å²) in [5.74, 6) is -1.82. The van der Waals surface area contributed by atoms with E-state index in [2.05, 4.69) is 4.90 Å². The molecule has 120 valence electrons. The van der Waals surface area contributed by atoms with Crippen molar-refractivity contribution in [3.63, 3.8) is 0 Å². The summed E-state index contributed by atoms with van der Waals surface area (Å²) in [4.78, 5) is 15.8. The van der Waals surface area contributed by atoms with E-state index >= 15 is 0 Å². The van der Waals surface area contributed by atoms with Gasteiger partial charge in [-0.15, -0.1) is 0 Å². The summed E-state index contributed by atoms with van der Waals surface area (Å²) in [6.07, 6.45) is 1.88. The topological polar surface area (TPSA) is 43.8 Å². The Labute approximate surface area is 128 Å². The number of hydrogen-bond donors (Lipinski definition) is 1. The quantitative estimate of drug-likeness (QED) is 0.916. The summed E-state index contributed by atoms with van der Waals surface area (Å²) >= 11 is 0.